The van der Waals surface area contributed by atoms with Crippen molar-refractivity contribution < 1.29 is 19.5 Å². The minimum absolute atomic E-state index is 0.0373. The molecule has 0 radical (unpaired) electrons. The molecule has 3 aromatic carbocycles. The van der Waals surface area contributed by atoms with Gasteiger partial charge in [-0.1, -0.05) is 67.6 Å². The SMILES string of the molecule is C=CCN(C(=O)C1N([C@H](CO)c2ccccc2)C(=O)[C@@H]2[C@@H](C(=O)N(CC=C)c3ccccc3)[C@H]3CC(C)C12S3)c1ccc(N(CC)CC)cc1. The first-order valence-corrected chi connectivity index (χ1v) is 18.6. The molecule has 7 atom stereocenters. The van der Waals surface area contributed by atoms with Crippen LogP contribution in [-0.2, 0) is 14.4 Å². The number of rotatable bonds is 14. The van der Waals surface area contributed by atoms with Gasteiger partial charge in [0.25, 0.3) is 5.91 Å². The minimum atomic E-state index is -0.924. The fraction of sp³-hybridized carbons (Fsp3) is 0.390. The number of hydrogen-bond donors (Lipinski definition) is 1. The van der Waals surface area contributed by atoms with Crippen LogP contribution in [0, 0.1) is 17.8 Å². The molecule has 3 saturated heterocycles. The van der Waals surface area contributed by atoms with Crippen LogP contribution in [0.3, 0.4) is 0 Å². The number of anilines is 3. The Morgan fingerprint density at radius 2 is 1.42 bits per heavy atom. The van der Waals surface area contributed by atoms with Crippen LogP contribution in [0.5, 0.6) is 0 Å². The van der Waals surface area contributed by atoms with Gasteiger partial charge in [-0.15, -0.1) is 24.9 Å². The fourth-order valence-corrected chi connectivity index (χ4v) is 11.1. The maximum atomic E-state index is 15.4. The van der Waals surface area contributed by atoms with Crippen molar-refractivity contribution in [2.75, 3.05) is 47.5 Å². The zero-order valence-corrected chi connectivity index (χ0v) is 30.0. The van der Waals surface area contributed by atoms with Gasteiger partial charge in [0.15, 0.2) is 0 Å². The topological polar surface area (TPSA) is 84.4 Å². The number of hydrogen-bond acceptors (Lipinski definition) is 6. The van der Waals surface area contributed by atoms with Gasteiger partial charge in [-0.2, -0.15) is 0 Å². The molecule has 3 fully saturated rings. The third kappa shape index (κ3) is 5.84. The number of likely N-dealkylation sites (tertiary alicyclic amines) is 1. The van der Waals surface area contributed by atoms with Crippen LogP contribution in [0.1, 0.15) is 38.8 Å². The van der Waals surface area contributed by atoms with Gasteiger partial charge in [0.2, 0.25) is 11.8 Å². The highest BCUT2D eigenvalue weighted by Crippen LogP contribution is 2.69. The zero-order chi connectivity index (χ0) is 35.6. The lowest BCUT2D eigenvalue weighted by Crippen LogP contribution is -2.58. The maximum absolute atomic E-state index is 15.4. The summed E-state index contributed by atoms with van der Waals surface area (Å²) in [7, 11) is 0. The molecule has 3 aliphatic heterocycles. The normalized spacial score (nSPS) is 25.6. The van der Waals surface area contributed by atoms with Crippen molar-refractivity contribution in [3.8, 4) is 0 Å². The first-order chi connectivity index (χ1) is 24.3. The molecule has 3 amide bonds. The molecule has 0 aromatic heterocycles. The molecule has 0 saturated carbocycles. The molecule has 3 aromatic rings. The summed E-state index contributed by atoms with van der Waals surface area (Å²) < 4.78 is -0.877. The number of carbonyl (C=O) groups excluding carboxylic acids is 3. The van der Waals surface area contributed by atoms with E-state index in [4.69, 9.17) is 0 Å². The monoisotopic (exact) mass is 692 g/mol. The molecule has 3 aliphatic rings. The highest BCUT2D eigenvalue weighted by molar-refractivity contribution is 8.02. The van der Waals surface area contributed by atoms with Gasteiger partial charge in [-0.25, -0.2) is 0 Å². The molecule has 0 aliphatic carbocycles. The Kier molecular flexibility index (Phi) is 10.6. The molecular formula is C41H48N4O4S. The Hall–Kier alpha value is -4.34. The number of aliphatic hydroxyl groups is 1. The largest absolute Gasteiger partial charge is 0.394 e. The number of para-hydroxylation sites is 1. The summed E-state index contributed by atoms with van der Waals surface area (Å²) in [6.45, 7) is 16.1. The smallest absolute Gasteiger partial charge is 0.251 e. The molecule has 3 unspecified atom stereocenters. The second kappa shape index (κ2) is 14.9. The summed E-state index contributed by atoms with van der Waals surface area (Å²) >= 11 is 1.64. The summed E-state index contributed by atoms with van der Waals surface area (Å²) in [4.78, 5) is 52.5. The predicted molar refractivity (Wildman–Crippen MR) is 203 cm³/mol. The van der Waals surface area contributed by atoms with Crippen LogP contribution in [0.25, 0.3) is 0 Å². The lowest BCUT2D eigenvalue weighted by atomic mass is 9.65. The average Bonchev–Trinajstić information content (AvgIpc) is 3.74. The van der Waals surface area contributed by atoms with Crippen LogP contribution in [0.15, 0.2) is 110 Å². The molecule has 2 bridgehead atoms. The van der Waals surface area contributed by atoms with E-state index >= 15 is 9.59 Å². The van der Waals surface area contributed by atoms with E-state index in [0.29, 0.717) is 18.7 Å². The third-order valence-corrected chi connectivity index (χ3v) is 13.0. The third-order valence-electron chi connectivity index (χ3n) is 10.9. The minimum Gasteiger partial charge on any atom is -0.394 e. The second-order valence-electron chi connectivity index (χ2n) is 13.4. The highest BCUT2D eigenvalue weighted by Gasteiger charge is 2.77. The van der Waals surface area contributed by atoms with Gasteiger partial charge in [-0.3, -0.25) is 14.4 Å². The van der Waals surface area contributed by atoms with Gasteiger partial charge in [0.05, 0.1) is 29.2 Å². The molecular weight excluding hydrogens is 645 g/mol. The summed E-state index contributed by atoms with van der Waals surface area (Å²) in [5.41, 5.74) is 3.25. The Morgan fingerprint density at radius 3 is 1.98 bits per heavy atom. The van der Waals surface area contributed by atoms with E-state index in [9.17, 15) is 9.90 Å². The highest BCUT2D eigenvalue weighted by atomic mass is 32.2. The van der Waals surface area contributed by atoms with Crippen molar-refractivity contribution in [3.63, 3.8) is 0 Å². The average molecular weight is 693 g/mol. The molecule has 262 valence electrons. The number of amides is 3. The van der Waals surface area contributed by atoms with Gasteiger partial charge in [0, 0.05) is 48.5 Å². The van der Waals surface area contributed by atoms with E-state index in [1.807, 2.05) is 84.9 Å². The van der Waals surface area contributed by atoms with E-state index < -0.39 is 28.7 Å². The molecule has 9 heteroatoms. The van der Waals surface area contributed by atoms with E-state index in [1.54, 1.807) is 38.6 Å². The van der Waals surface area contributed by atoms with E-state index in [2.05, 4.69) is 38.8 Å². The van der Waals surface area contributed by atoms with Crippen LogP contribution in [0.2, 0.25) is 0 Å². The van der Waals surface area contributed by atoms with E-state index in [0.717, 1.165) is 30.0 Å². The van der Waals surface area contributed by atoms with Crippen molar-refractivity contribution >= 4 is 46.5 Å². The number of thioether (sulfide) groups is 1. The quantitative estimate of drug-likeness (QED) is 0.199. The Morgan fingerprint density at radius 1 is 0.880 bits per heavy atom. The second-order valence-corrected chi connectivity index (χ2v) is 15.0. The van der Waals surface area contributed by atoms with E-state index in [-0.39, 0.29) is 42.0 Å². The van der Waals surface area contributed by atoms with Crippen LogP contribution < -0.4 is 14.7 Å². The van der Waals surface area contributed by atoms with Crippen LogP contribution >= 0.6 is 11.8 Å². The first kappa shape index (κ1) is 35.5. The lowest BCUT2D eigenvalue weighted by molar-refractivity contribution is -0.142. The molecule has 3 heterocycles. The van der Waals surface area contributed by atoms with Gasteiger partial charge >= 0.3 is 0 Å². The van der Waals surface area contributed by atoms with Crippen LogP contribution in [0.4, 0.5) is 17.1 Å². The van der Waals surface area contributed by atoms with Crippen molar-refractivity contribution in [2.24, 2.45) is 17.8 Å². The lowest BCUT2D eigenvalue weighted by Gasteiger charge is -2.42. The van der Waals surface area contributed by atoms with Crippen molar-refractivity contribution in [1.82, 2.24) is 4.90 Å². The summed E-state index contributed by atoms with van der Waals surface area (Å²) in [6.07, 6.45) is 4.11. The van der Waals surface area contributed by atoms with Crippen molar-refractivity contribution in [2.45, 2.75) is 49.3 Å². The van der Waals surface area contributed by atoms with Crippen LogP contribution in [-0.4, -0.2) is 76.6 Å². The van der Waals surface area contributed by atoms with Gasteiger partial charge in [-0.05, 0) is 68.1 Å². The molecule has 1 spiro atoms. The fourth-order valence-electron chi connectivity index (χ4n) is 8.66. The zero-order valence-electron chi connectivity index (χ0n) is 29.2. The Labute approximate surface area is 300 Å². The maximum Gasteiger partial charge on any atom is 0.251 e. The number of aliphatic hydroxyl groups excluding tert-OH is 1. The number of carbonyl (C=O) groups is 3. The van der Waals surface area contributed by atoms with Crippen molar-refractivity contribution in [1.29, 1.82) is 0 Å². The molecule has 50 heavy (non-hydrogen) atoms. The summed E-state index contributed by atoms with van der Waals surface area (Å²) in [5.74, 6) is -2.04. The summed E-state index contributed by atoms with van der Waals surface area (Å²) in [6, 6.07) is 25.1. The van der Waals surface area contributed by atoms with Gasteiger partial charge < -0.3 is 24.7 Å². The first-order valence-electron chi connectivity index (χ1n) is 17.7. The molecule has 8 nitrogen and oxygen atoms in total. The predicted octanol–water partition coefficient (Wildman–Crippen LogP) is 6.34. The molecule has 1 N–H and O–H groups in total. The Balaban J connectivity index is 1.47. The number of fused-ring (bicyclic) bond motifs is 1. The number of nitrogens with zero attached hydrogens (tertiary/aromatic N) is 4. The van der Waals surface area contributed by atoms with Gasteiger partial charge in [0.1, 0.15) is 6.04 Å². The summed E-state index contributed by atoms with van der Waals surface area (Å²) in [5, 5.41) is 10.9. The van der Waals surface area contributed by atoms with Crippen molar-refractivity contribution in [3.05, 3.63) is 116 Å². The molecule has 6 rings (SSSR count). The standard InChI is InChI=1S/C41H48N4O4S/c1-6-24-43(31-18-14-11-15-19-31)38(47)35-34-26-28(5)41(50-34)36(35)39(48)45(33(27-46)29-16-12-10-13-17-29)37(41)40(49)44(25-7-2)32-22-20-30(21-23-32)42(8-3)9-4/h6-7,10-23,28,33-37,46H,1-2,8-9,24-27H2,3-5H3/t28?,33-,34-,35+,36+,37?,41?/m1/s1. The Bertz CT molecular complexity index is 1700. The van der Waals surface area contributed by atoms with E-state index in [1.165, 1.54) is 0 Å². The number of benzene rings is 3.